The minimum absolute atomic E-state index is 0.129. The lowest BCUT2D eigenvalue weighted by molar-refractivity contribution is -0.129. The normalized spacial score (nSPS) is 16.7. The molecule has 1 aliphatic heterocycles. The second-order valence-electron chi connectivity index (χ2n) is 7.27. The average Bonchev–Trinajstić information content (AvgIpc) is 3.30. The molecule has 4 amide bonds. The predicted octanol–water partition coefficient (Wildman–Crippen LogP) is 1.69. The third-order valence-electron chi connectivity index (χ3n) is 5.11. The van der Waals surface area contributed by atoms with Gasteiger partial charge in [0, 0.05) is 34.1 Å². The molecule has 9 heteroatoms. The van der Waals surface area contributed by atoms with Crippen molar-refractivity contribution in [2.24, 2.45) is 0 Å². The zero-order valence-corrected chi connectivity index (χ0v) is 17.0. The summed E-state index contributed by atoms with van der Waals surface area (Å²) in [6.45, 7) is 0. The van der Waals surface area contributed by atoms with Crippen LogP contribution in [0.3, 0.4) is 0 Å². The van der Waals surface area contributed by atoms with Gasteiger partial charge in [-0.3, -0.25) is 24.5 Å². The monoisotopic (exact) mass is 438 g/mol. The van der Waals surface area contributed by atoms with Gasteiger partial charge < -0.3 is 15.6 Å². The lowest BCUT2D eigenvalue weighted by Gasteiger charge is -2.20. The molecule has 1 fully saturated rings. The van der Waals surface area contributed by atoms with Gasteiger partial charge in [0.25, 0.3) is 5.91 Å². The van der Waals surface area contributed by atoms with Crippen molar-refractivity contribution in [3.8, 4) is 0 Å². The van der Waals surface area contributed by atoms with Gasteiger partial charge in [-0.2, -0.15) is 0 Å². The molecule has 4 N–H and O–H groups in total. The van der Waals surface area contributed by atoms with Crippen LogP contribution in [-0.4, -0.2) is 40.7 Å². The quantitative estimate of drug-likeness (QED) is 0.438. The molecule has 2 heterocycles. The maximum Gasteiger partial charge on any atom is 0.251 e. The molecule has 2 aromatic carbocycles. The Labute approximate surface area is 182 Å². The van der Waals surface area contributed by atoms with Crippen LogP contribution in [0.1, 0.15) is 22.3 Å². The SMILES string of the molecule is O=C1CC(NC(=O)[C@H](Cc2c[nH]c3ccccc23)NC(=O)c2ccc(Cl)cc2)C(=O)N1. The topological polar surface area (TPSA) is 120 Å². The summed E-state index contributed by atoms with van der Waals surface area (Å²) in [7, 11) is 0. The standard InChI is InChI=1S/C22H19ClN4O4/c23-14-7-5-12(6-8-14)20(29)25-17(21(30)26-18-10-19(28)27-22(18)31)9-13-11-24-16-4-2-1-3-15(13)16/h1-8,11,17-18,24H,9-10H2,(H,25,29)(H,26,30)(H,27,28,31)/t17-,18?/m0/s1. The highest BCUT2D eigenvalue weighted by Crippen LogP contribution is 2.20. The van der Waals surface area contributed by atoms with E-state index >= 15 is 0 Å². The number of aromatic nitrogens is 1. The molecule has 4 rings (SSSR count). The molecule has 1 unspecified atom stereocenters. The molecule has 2 atom stereocenters. The first-order valence-corrected chi connectivity index (χ1v) is 10.0. The Kier molecular flexibility index (Phi) is 5.73. The summed E-state index contributed by atoms with van der Waals surface area (Å²) in [5.41, 5.74) is 2.08. The predicted molar refractivity (Wildman–Crippen MR) is 114 cm³/mol. The highest BCUT2D eigenvalue weighted by atomic mass is 35.5. The Morgan fingerprint density at radius 2 is 1.84 bits per heavy atom. The van der Waals surface area contributed by atoms with Crippen molar-refractivity contribution in [1.82, 2.24) is 20.9 Å². The largest absolute Gasteiger partial charge is 0.361 e. The van der Waals surface area contributed by atoms with Crippen LogP contribution in [-0.2, 0) is 20.8 Å². The molecular formula is C22H19ClN4O4. The Bertz CT molecular complexity index is 1170. The molecule has 0 radical (unpaired) electrons. The van der Waals surface area contributed by atoms with Crippen LogP contribution in [0.25, 0.3) is 10.9 Å². The molecule has 1 aliphatic rings. The number of nitrogens with one attached hydrogen (secondary N) is 4. The highest BCUT2D eigenvalue weighted by molar-refractivity contribution is 6.30. The molecule has 1 aromatic heterocycles. The summed E-state index contributed by atoms with van der Waals surface area (Å²) in [5.74, 6) is -2.02. The summed E-state index contributed by atoms with van der Waals surface area (Å²) in [6.07, 6.45) is 1.85. The van der Waals surface area contributed by atoms with Gasteiger partial charge in [0.05, 0.1) is 6.42 Å². The van der Waals surface area contributed by atoms with Crippen LogP contribution in [0.4, 0.5) is 0 Å². The van der Waals surface area contributed by atoms with E-state index in [-0.39, 0.29) is 12.8 Å². The van der Waals surface area contributed by atoms with E-state index in [0.29, 0.717) is 10.6 Å². The number of rotatable bonds is 6. The fourth-order valence-corrected chi connectivity index (χ4v) is 3.64. The van der Waals surface area contributed by atoms with Crippen LogP contribution < -0.4 is 16.0 Å². The maximum absolute atomic E-state index is 13.0. The zero-order chi connectivity index (χ0) is 22.0. The smallest absolute Gasteiger partial charge is 0.251 e. The van der Waals surface area contributed by atoms with Crippen molar-refractivity contribution in [3.63, 3.8) is 0 Å². The van der Waals surface area contributed by atoms with E-state index in [0.717, 1.165) is 16.5 Å². The van der Waals surface area contributed by atoms with E-state index in [1.807, 2.05) is 24.3 Å². The van der Waals surface area contributed by atoms with E-state index in [4.69, 9.17) is 11.6 Å². The molecule has 0 spiro atoms. The van der Waals surface area contributed by atoms with Crippen molar-refractivity contribution >= 4 is 46.1 Å². The number of amides is 4. The molecule has 3 aromatic rings. The number of hydrogen-bond acceptors (Lipinski definition) is 4. The van der Waals surface area contributed by atoms with Gasteiger partial charge in [0.2, 0.25) is 17.7 Å². The van der Waals surface area contributed by atoms with E-state index in [1.165, 1.54) is 0 Å². The van der Waals surface area contributed by atoms with Crippen LogP contribution >= 0.6 is 11.6 Å². The number of imide groups is 1. The summed E-state index contributed by atoms with van der Waals surface area (Å²) in [5, 5.41) is 8.87. The summed E-state index contributed by atoms with van der Waals surface area (Å²) < 4.78 is 0. The minimum Gasteiger partial charge on any atom is -0.361 e. The first-order chi connectivity index (χ1) is 14.9. The van der Waals surface area contributed by atoms with Gasteiger partial charge in [0.1, 0.15) is 12.1 Å². The third kappa shape index (κ3) is 4.59. The lowest BCUT2D eigenvalue weighted by Crippen LogP contribution is -2.52. The van der Waals surface area contributed by atoms with Crippen LogP contribution in [0.15, 0.2) is 54.7 Å². The number of benzene rings is 2. The molecule has 1 saturated heterocycles. The van der Waals surface area contributed by atoms with Gasteiger partial charge in [0.15, 0.2) is 0 Å². The molecule has 0 bridgehead atoms. The van der Waals surface area contributed by atoms with Crippen molar-refractivity contribution in [2.45, 2.75) is 24.9 Å². The Morgan fingerprint density at radius 1 is 1.10 bits per heavy atom. The molecule has 31 heavy (non-hydrogen) atoms. The fourth-order valence-electron chi connectivity index (χ4n) is 3.52. The van der Waals surface area contributed by atoms with E-state index in [1.54, 1.807) is 30.5 Å². The number of hydrogen-bond donors (Lipinski definition) is 4. The maximum atomic E-state index is 13.0. The molecule has 0 aliphatic carbocycles. The molecule has 158 valence electrons. The average molecular weight is 439 g/mol. The number of carbonyl (C=O) groups is 4. The summed E-state index contributed by atoms with van der Waals surface area (Å²) >= 11 is 5.88. The zero-order valence-electron chi connectivity index (χ0n) is 16.3. The van der Waals surface area contributed by atoms with Crippen molar-refractivity contribution in [2.75, 3.05) is 0 Å². The molecule has 0 saturated carbocycles. The first kappa shape index (κ1) is 20.6. The summed E-state index contributed by atoms with van der Waals surface area (Å²) in [4.78, 5) is 52.2. The Balaban J connectivity index is 1.57. The highest BCUT2D eigenvalue weighted by Gasteiger charge is 2.34. The third-order valence-corrected chi connectivity index (χ3v) is 5.36. The molecule has 8 nitrogen and oxygen atoms in total. The number of para-hydroxylation sites is 1. The van der Waals surface area contributed by atoms with Crippen molar-refractivity contribution < 1.29 is 19.2 Å². The minimum atomic E-state index is -0.967. The number of aromatic amines is 1. The van der Waals surface area contributed by atoms with Crippen LogP contribution in [0.2, 0.25) is 5.02 Å². The van der Waals surface area contributed by atoms with Gasteiger partial charge in [-0.1, -0.05) is 29.8 Å². The van der Waals surface area contributed by atoms with Gasteiger partial charge in [-0.05, 0) is 35.9 Å². The number of H-pyrrole nitrogens is 1. The lowest BCUT2D eigenvalue weighted by atomic mass is 10.0. The van der Waals surface area contributed by atoms with E-state index < -0.39 is 35.7 Å². The summed E-state index contributed by atoms with van der Waals surface area (Å²) in [6, 6.07) is 12.0. The van der Waals surface area contributed by atoms with Crippen LogP contribution in [0, 0.1) is 0 Å². The van der Waals surface area contributed by atoms with Crippen molar-refractivity contribution in [1.29, 1.82) is 0 Å². The second kappa shape index (κ2) is 8.61. The van der Waals surface area contributed by atoms with Crippen LogP contribution in [0.5, 0.6) is 0 Å². The second-order valence-corrected chi connectivity index (χ2v) is 7.71. The number of carbonyl (C=O) groups excluding carboxylic acids is 4. The fraction of sp³-hybridized carbons (Fsp3) is 0.182. The first-order valence-electron chi connectivity index (χ1n) is 9.66. The van der Waals surface area contributed by atoms with E-state index in [2.05, 4.69) is 20.9 Å². The molecular weight excluding hydrogens is 420 g/mol. The van der Waals surface area contributed by atoms with Crippen molar-refractivity contribution in [3.05, 3.63) is 70.9 Å². The van der Waals surface area contributed by atoms with Gasteiger partial charge in [-0.15, -0.1) is 0 Å². The van der Waals surface area contributed by atoms with Gasteiger partial charge in [-0.25, -0.2) is 0 Å². The number of halogens is 1. The number of fused-ring (bicyclic) bond motifs is 1. The Morgan fingerprint density at radius 3 is 2.55 bits per heavy atom. The Hall–Kier alpha value is -3.65. The van der Waals surface area contributed by atoms with Gasteiger partial charge >= 0.3 is 0 Å². The van der Waals surface area contributed by atoms with E-state index in [9.17, 15) is 19.2 Å².